The molecular weight excluding hydrogens is 263 g/mol. The second kappa shape index (κ2) is 5.82. The summed E-state index contributed by atoms with van der Waals surface area (Å²) in [6, 6.07) is 4.44. The third kappa shape index (κ3) is 3.28. The van der Waals surface area contributed by atoms with E-state index in [1.54, 1.807) is 19.2 Å². The minimum Gasteiger partial charge on any atom is -0.351 e. The van der Waals surface area contributed by atoms with Gasteiger partial charge in [0.2, 0.25) is 0 Å². The zero-order valence-corrected chi connectivity index (χ0v) is 9.90. The van der Waals surface area contributed by atoms with Crippen molar-refractivity contribution >= 4 is 21.8 Å². The van der Waals surface area contributed by atoms with Gasteiger partial charge in [-0.3, -0.25) is 4.79 Å². The number of rotatable bonds is 4. The van der Waals surface area contributed by atoms with Crippen molar-refractivity contribution in [1.29, 1.82) is 0 Å². The summed E-state index contributed by atoms with van der Waals surface area (Å²) in [6.07, 6.45) is 0. The number of halogens is 2. The van der Waals surface area contributed by atoms with Crippen molar-refractivity contribution in [2.75, 3.05) is 20.1 Å². The summed E-state index contributed by atoms with van der Waals surface area (Å²) in [7, 11) is 1.78. The van der Waals surface area contributed by atoms with Gasteiger partial charge in [0.25, 0.3) is 5.91 Å². The molecule has 0 fully saturated rings. The van der Waals surface area contributed by atoms with Gasteiger partial charge in [-0.2, -0.15) is 0 Å². The molecule has 2 N–H and O–H groups in total. The Kier molecular flexibility index (Phi) is 4.71. The largest absolute Gasteiger partial charge is 0.351 e. The third-order valence-electron chi connectivity index (χ3n) is 1.85. The van der Waals surface area contributed by atoms with Gasteiger partial charge >= 0.3 is 0 Å². The fraction of sp³-hybridized carbons (Fsp3) is 0.300. The van der Waals surface area contributed by atoms with Crippen LogP contribution in [0.1, 0.15) is 10.4 Å². The van der Waals surface area contributed by atoms with Crippen LogP contribution in [0.15, 0.2) is 22.7 Å². The lowest BCUT2D eigenvalue weighted by Gasteiger charge is -2.07. The van der Waals surface area contributed by atoms with Gasteiger partial charge in [0.05, 0.1) is 5.56 Å². The van der Waals surface area contributed by atoms with Crippen molar-refractivity contribution in [2.45, 2.75) is 0 Å². The molecule has 1 amide bonds. The van der Waals surface area contributed by atoms with Crippen LogP contribution in [0.2, 0.25) is 0 Å². The lowest BCUT2D eigenvalue weighted by atomic mass is 10.2. The summed E-state index contributed by atoms with van der Waals surface area (Å²) in [5.41, 5.74) is 0.0496. The molecule has 0 aliphatic rings. The number of hydrogen-bond acceptors (Lipinski definition) is 2. The van der Waals surface area contributed by atoms with E-state index < -0.39 is 11.7 Å². The summed E-state index contributed by atoms with van der Waals surface area (Å²) in [5, 5.41) is 5.49. The SMILES string of the molecule is CNCCNC(=O)c1c(F)cccc1Br. The Hall–Kier alpha value is -0.940. The van der Waals surface area contributed by atoms with Crippen LogP contribution >= 0.6 is 15.9 Å². The predicted octanol–water partition coefficient (Wildman–Crippen LogP) is 1.54. The van der Waals surface area contributed by atoms with Gasteiger partial charge in [-0.15, -0.1) is 0 Å². The summed E-state index contributed by atoms with van der Waals surface area (Å²) in [5.74, 6) is -0.929. The highest BCUT2D eigenvalue weighted by atomic mass is 79.9. The normalized spacial score (nSPS) is 10.1. The van der Waals surface area contributed by atoms with Crippen LogP contribution in [0.3, 0.4) is 0 Å². The van der Waals surface area contributed by atoms with Crippen LogP contribution in [0.4, 0.5) is 4.39 Å². The average molecular weight is 275 g/mol. The Morgan fingerprint density at radius 3 is 2.80 bits per heavy atom. The van der Waals surface area contributed by atoms with Crippen molar-refractivity contribution in [3.63, 3.8) is 0 Å². The Morgan fingerprint density at radius 2 is 2.20 bits per heavy atom. The van der Waals surface area contributed by atoms with Gasteiger partial charge in [-0.1, -0.05) is 6.07 Å². The van der Waals surface area contributed by atoms with Gasteiger partial charge in [0, 0.05) is 17.6 Å². The van der Waals surface area contributed by atoms with E-state index in [0.717, 1.165) is 0 Å². The van der Waals surface area contributed by atoms with Crippen molar-refractivity contribution < 1.29 is 9.18 Å². The third-order valence-corrected chi connectivity index (χ3v) is 2.51. The van der Waals surface area contributed by atoms with E-state index in [0.29, 0.717) is 17.6 Å². The van der Waals surface area contributed by atoms with E-state index in [4.69, 9.17) is 0 Å². The number of likely N-dealkylation sites (N-methyl/N-ethyl adjacent to an activating group) is 1. The van der Waals surface area contributed by atoms with Crippen LogP contribution in [-0.2, 0) is 0 Å². The molecule has 0 atom stereocenters. The molecule has 0 saturated carbocycles. The molecule has 0 heterocycles. The molecule has 3 nitrogen and oxygen atoms in total. The minimum atomic E-state index is -0.522. The standard InChI is InChI=1S/C10H12BrFN2O/c1-13-5-6-14-10(15)9-7(11)3-2-4-8(9)12/h2-4,13H,5-6H2,1H3,(H,14,15). The van der Waals surface area contributed by atoms with Gasteiger partial charge in [-0.05, 0) is 35.1 Å². The number of carbonyl (C=O) groups excluding carboxylic acids is 1. The minimum absolute atomic E-state index is 0.0496. The first kappa shape index (κ1) is 12.1. The van der Waals surface area contributed by atoms with E-state index >= 15 is 0 Å². The van der Waals surface area contributed by atoms with Crippen LogP contribution in [0.5, 0.6) is 0 Å². The van der Waals surface area contributed by atoms with Crippen molar-refractivity contribution in [1.82, 2.24) is 10.6 Å². The fourth-order valence-electron chi connectivity index (χ4n) is 1.10. The molecule has 15 heavy (non-hydrogen) atoms. The van der Waals surface area contributed by atoms with Crippen LogP contribution < -0.4 is 10.6 Å². The second-order valence-corrected chi connectivity index (χ2v) is 3.81. The maximum Gasteiger partial charge on any atom is 0.255 e. The Bertz CT molecular complexity index is 337. The van der Waals surface area contributed by atoms with Gasteiger partial charge in [0.15, 0.2) is 0 Å². The van der Waals surface area contributed by atoms with Crippen molar-refractivity contribution in [2.24, 2.45) is 0 Å². The number of amides is 1. The van der Waals surface area contributed by atoms with Crippen LogP contribution in [0.25, 0.3) is 0 Å². The number of hydrogen-bond donors (Lipinski definition) is 2. The molecule has 0 bridgehead atoms. The molecule has 0 aliphatic heterocycles. The second-order valence-electron chi connectivity index (χ2n) is 2.96. The number of nitrogens with one attached hydrogen (secondary N) is 2. The quantitative estimate of drug-likeness (QED) is 0.818. The van der Waals surface area contributed by atoms with Gasteiger partial charge in [0.1, 0.15) is 5.82 Å². The highest BCUT2D eigenvalue weighted by Crippen LogP contribution is 2.19. The highest BCUT2D eigenvalue weighted by Gasteiger charge is 2.14. The summed E-state index contributed by atoms with van der Waals surface area (Å²) in [6.45, 7) is 1.12. The molecule has 0 radical (unpaired) electrons. The summed E-state index contributed by atoms with van der Waals surface area (Å²) in [4.78, 5) is 11.6. The van der Waals surface area contributed by atoms with Crippen molar-refractivity contribution in [3.8, 4) is 0 Å². The molecule has 0 unspecified atom stereocenters. The van der Waals surface area contributed by atoms with E-state index in [-0.39, 0.29) is 5.56 Å². The van der Waals surface area contributed by atoms with E-state index in [9.17, 15) is 9.18 Å². The van der Waals surface area contributed by atoms with E-state index in [1.807, 2.05) is 0 Å². The molecule has 0 aromatic heterocycles. The molecule has 0 aliphatic carbocycles. The van der Waals surface area contributed by atoms with Crippen molar-refractivity contribution in [3.05, 3.63) is 34.1 Å². The zero-order chi connectivity index (χ0) is 11.3. The van der Waals surface area contributed by atoms with E-state index in [1.165, 1.54) is 6.07 Å². The lowest BCUT2D eigenvalue weighted by Crippen LogP contribution is -2.31. The topological polar surface area (TPSA) is 41.1 Å². The molecule has 82 valence electrons. The number of carbonyl (C=O) groups is 1. The van der Waals surface area contributed by atoms with Crippen LogP contribution in [0, 0.1) is 5.82 Å². The lowest BCUT2D eigenvalue weighted by molar-refractivity contribution is 0.0949. The molecule has 1 aromatic rings. The number of benzene rings is 1. The first-order valence-electron chi connectivity index (χ1n) is 4.53. The average Bonchev–Trinajstić information content (AvgIpc) is 2.18. The Morgan fingerprint density at radius 1 is 1.47 bits per heavy atom. The molecule has 5 heteroatoms. The monoisotopic (exact) mass is 274 g/mol. The van der Waals surface area contributed by atoms with Gasteiger partial charge < -0.3 is 10.6 Å². The first-order chi connectivity index (χ1) is 7.16. The predicted molar refractivity (Wildman–Crippen MR) is 60.4 cm³/mol. The zero-order valence-electron chi connectivity index (χ0n) is 8.31. The fourth-order valence-corrected chi connectivity index (χ4v) is 1.63. The first-order valence-corrected chi connectivity index (χ1v) is 5.33. The van der Waals surface area contributed by atoms with E-state index in [2.05, 4.69) is 26.6 Å². The maximum atomic E-state index is 13.3. The Balaban J connectivity index is 2.73. The van der Waals surface area contributed by atoms with Gasteiger partial charge in [-0.25, -0.2) is 4.39 Å². The highest BCUT2D eigenvalue weighted by molar-refractivity contribution is 9.10. The Labute approximate surface area is 96.2 Å². The summed E-state index contributed by atoms with van der Waals surface area (Å²) >= 11 is 3.14. The molecular formula is C10H12BrFN2O. The summed E-state index contributed by atoms with van der Waals surface area (Å²) < 4.78 is 13.8. The maximum absolute atomic E-state index is 13.3. The molecule has 0 spiro atoms. The smallest absolute Gasteiger partial charge is 0.255 e. The molecule has 1 rings (SSSR count). The molecule has 1 aromatic carbocycles. The van der Waals surface area contributed by atoms with Crippen LogP contribution in [-0.4, -0.2) is 26.0 Å². The molecule has 0 saturated heterocycles.